The molecule has 1 aliphatic heterocycles. The lowest BCUT2D eigenvalue weighted by atomic mass is 10.2. The molecule has 22 heavy (non-hydrogen) atoms. The van der Waals surface area contributed by atoms with Crippen LogP contribution in [0.25, 0.3) is 0 Å². The van der Waals surface area contributed by atoms with Crippen molar-refractivity contribution in [2.45, 2.75) is 32.1 Å². The quantitative estimate of drug-likeness (QED) is 0.781. The van der Waals surface area contributed by atoms with E-state index in [2.05, 4.69) is 15.5 Å². The number of anilines is 2. The lowest BCUT2D eigenvalue weighted by Gasteiger charge is -2.25. The Morgan fingerprint density at radius 3 is 2.45 bits per heavy atom. The topological polar surface area (TPSA) is 81.7 Å². The normalized spacial score (nSPS) is 15.0. The van der Waals surface area contributed by atoms with Gasteiger partial charge in [-0.2, -0.15) is 0 Å². The summed E-state index contributed by atoms with van der Waals surface area (Å²) in [4.78, 5) is 24.6. The first-order chi connectivity index (χ1) is 10.7. The SMILES string of the molecule is O=C(O)CCNC(=O)Nc1ccccc1N1CCCCCC1. The van der Waals surface area contributed by atoms with Gasteiger partial charge in [0.05, 0.1) is 17.8 Å². The van der Waals surface area contributed by atoms with E-state index in [-0.39, 0.29) is 19.0 Å². The smallest absolute Gasteiger partial charge is 0.319 e. The Kier molecular flexibility index (Phi) is 6.06. The zero-order valence-corrected chi connectivity index (χ0v) is 12.7. The summed E-state index contributed by atoms with van der Waals surface area (Å²) in [6, 6.07) is 7.36. The summed E-state index contributed by atoms with van der Waals surface area (Å²) in [7, 11) is 0. The molecule has 0 unspecified atom stereocenters. The molecule has 1 heterocycles. The average molecular weight is 305 g/mol. The molecule has 0 atom stereocenters. The van der Waals surface area contributed by atoms with Crippen LogP contribution in [-0.2, 0) is 4.79 Å². The third kappa shape index (κ3) is 4.95. The van der Waals surface area contributed by atoms with E-state index in [1.807, 2.05) is 24.3 Å². The van der Waals surface area contributed by atoms with Gasteiger partial charge in [0.1, 0.15) is 0 Å². The number of hydrogen-bond acceptors (Lipinski definition) is 3. The van der Waals surface area contributed by atoms with E-state index in [1.54, 1.807) is 0 Å². The molecular formula is C16H23N3O3. The highest BCUT2D eigenvalue weighted by atomic mass is 16.4. The van der Waals surface area contributed by atoms with Gasteiger partial charge < -0.3 is 20.6 Å². The molecule has 0 spiro atoms. The number of benzene rings is 1. The minimum Gasteiger partial charge on any atom is -0.481 e. The molecule has 2 amide bonds. The van der Waals surface area contributed by atoms with E-state index in [9.17, 15) is 9.59 Å². The minimum absolute atomic E-state index is 0.0822. The van der Waals surface area contributed by atoms with Gasteiger partial charge in [-0.3, -0.25) is 4.79 Å². The molecule has 6 heteroatoms. The van der Waals surface area contributed by atoms with Crippen molar-refractivity contribution >= 4 is 23.4 Å². The van der Waals surface area contributed by atoms with Gasteiger partial charge in [0, 0.05) is 19.6 Å². The predicted molar refractivity (Wildman–Crippen MR) is 86.4 cm³/mol. The molecule has 3 N–H and O–H groups in total. The van der Waals surface area contributed by atoms with Crippen molar-refractivity contribution in [1.29, 1.82) is 0 Å². The summed E-state index contributed by atoms with van der Waals surface area (Å²) in [5, 5.41) is 14.0. The number of carbonyl (C=O) groups is 2. The maximum absolute atomic E-state index is 11.9. The fraction of sp³-hybridized carbons (Fsp3) is 0.500. The Bertz CT molecular complexity index is 511. The van der Waals surface area contributed by atoms with Gasteiger partial charge in [-0.15, -0.1) is 0 Å². The van der Waals surface area contributed by atoms with Gasteiger partial charge in [0.2, 0.25) is 0 Å². The minimum atomic E-state index is -0.926. The van der Waals surface area contributed by atoms with Gasteiger partial charge in [0.25, 0.3) is 0 Å². The van der Waals surface area contributed by atoms with Crippen LogP contribution < -0.4 is 15.5 Å². The van der Waals surface area contributed by atoms with E-state index in [4.69, 9.17) is 5.11 Å². The zero-order chi connectivity index (χ0) is 15.8. The first-order valence-corrected chi connectivity index (χ1v) is 7.77. The summed E-state index contributed by atoms with van der Waals surface area (Å²) in [5.41, 5.74) is 1.79. The van der Waals surface area contributed by atoms with Crippen LogP contribution in [0.5, 0.6) is 0 Å². The zero-order valence-electron chi connectivity index (χ0n) is 12.7. The largest absolute Gasteiger partial charge is 0.481 e. The Morgan fingerprint density at radius 2 is 1.77 bits per heavy atom. The van der Waals surface area contributed by atoms with Gasteiger partial charge in [-0.05, 0) is 25.0 Å². The number of amides is 2. The highest BCUT2D eigenvalue weighted by Gasteiger charge is 2.14. The van der Waals surface area contributed by atoms with E-state index < -0.39 is 5.97 Å². The van der Waals surface area contributed by atoms with Crippen molar-refractivity contribution < 1.29 is 14.7 Å². The Labute approximate surface area is 130 Å². The fourth-order valence-electron chi connectivity index (χ4n) is 2.62. The fourth-order valence-corrected chi connectivity index (χ4v) is 2.62. The number of para-hydroxylation sites is 2. The second-order valence-corrected chi connectivity index (χ2v) is 5.44. The lowest BCUT2D eigenvalue weighted by molar-refractivity contribution is -0.136. The van der Waals surface area contributed by atoms with Crippen molar-refractivity contribution in [3.63, 3.8) is 0 Å². The van der Waals surface area contributed by atoms with E-state index in [0.29, 0.717) is 0 Å². The van der Waals surface area contributed by atoms with E-state index in [0.717, 1.165) is 24.5 Å². The predicted octanol–water partition coefficient (Wildman–Crippen LogP) is 2.66. The molecule has 1 aliphatic rings. The van der Waals surface area contributed by atoms with Crippen LogP contribution in [-0.4, -0.2) is 36.7 Å². The van der Waals surface area contributed by atoms with Crippen molar-refractivity contribution in [2.24, 2.45) is 0 Å². The number of carbonyl (C=O) groups excluding carboxylic acids is 1. The van der Waals surface area contributed by atoms with Crippen LogP contribution in [0.3, 0.4) is 0 Å². The van der Waals surface area contributed by atoms with Crippen LogP contribution in [0.2, 0.25) is 0 Å². The highest BCUT2D eigenvalue weighted by Crippen LogP contribution is 2.27. The van der Waals surface area contributed by atoms with E-state index >= 15 is 0 Å². The molecular weight excluding hydrogens is 282 g/mol. The van der Waals surface area contributed by atoms with Crippen LogP contribution in [0.4, 0.5) is 16.2 Å². The van der Waals surface area contributed by atoms with E-state index in [1.165, 1.54) is 25.7 Å². The Hall–Kier alpha value is -2.24. The number of nitrogens with one attached hydrogen (secondary N) is 2. The van der Waals surface area contributed by atoms with Gasteiger partial charge in [-0.25, -0.2) is 4.79 Å². The van der Waals surface area contributed by atoms with Gasteiger partial charge in [0.15, 0.2) is 0 Å². The number of carboxylic acid groups (broad SMARTS) is 1. The van der Waals surface area contributed by atoms with Gasteiger partial charge in [-0.1, -0.05) is 25.0 Å². The highest BCUT2D eigenvalue weighted by molar-refractivity contribution is 5.93. The molecule has 1 aromatic carbocycles. The molecule has 6 nitrogen and oxygen atoms in total. The van der Waals surface area contributed by atoms with Crippen LogP contribution in [0.15, 0.2) is 24.3 Å². The van der Waals surface area contributed by atoms with Crippen molar-refractivity contribution in [3.8, 4) is 0 Å². The number of urea groups is 1. The molecule has 1 saturated heterocycles. The number of carboxylic acids is 1. The Balaban J connectivity index is 1.98. The second-order valence-electron chi connectivity index (χ2n) is 5.44. The number of hydrogen-bond donors (Lipinski definition) is 3. The molecule has 0 radical (unpaired) electrons. The van der Waals surface area contributed by atoms with Crippen molar-refractivity contribution in [3.05, 3.63) is 24.3 Å². The third-order valence-corrected chi connectivity index (χ3v) is 3.72. The molecule has 0 saturated carbocycles. The summed E-state index contributed by atoms with van der Waals surface area (Å²) < 4.78 is 0. The first kappa shape index (κ1) is 16.1. The summed E-state index contributed by atoms with van der Waals surface area (Å²) in [6.45, 7) is 2.12. The average Bonchev–Trinajstić information content (AvgIpc) is 2.76. The molecule has 0 bridgehead atoms. The lowest BCUT2D eigenvalue weighted by Crippen LogP contribution is -2.32. The van der Waals surface area contributed by atoms with Crippen LogP contribution >= 0.6 is 0 Å². The monoisotopic (exact) mass is 305 g/mol. The molecule has 2 rings (SSSR count). The number of rotatable bonds is 5. The van der Waals surface area contributed by atoms with Crippen LogP contribution in [0.1, 0.15) is 32.1 Å². The van der Waals surface area contributed by atoms with Gasteiger partial charge >= 0.3 is 12.0 Å². The maximum Gasteiger partial charge on any atom is 0.319 e. The molecule has 0 aliphatic carbocycles. The van der Waals surface area contributed by atoms with Crippen LogP contribution in [0, 0.1) is 0 Å². The number of aliphatic carboxylic acids is 1. The molecule has 120 valence electrons. The van der Waals surface area contributed by atoms with Crippen molar-refractivity contribution in [2.75, 3.05) is 29.9 Å². The molecule has 1 fully saturated rings. The van der Waals surface area contributed by atoms with Crippen molar-refractivity contribution in [1.82, 2.24) is 5.32 Å². The molecule has 0 aromatic heterocycles. The molecule has 1 aromatic rings. The Morgan fingerprint density at radius 1 is 1.09 bits per heavy atom. The third-order valence-electron chi connectivity index (χ3n) is 3.72. The summed E-state index contributed by atoms with van der Waals surface area (Å²) in [5.74, 6) is -0.926. The summed E-state index contributed by atoms with van der Waals surface area (Å²) in [6.07, 6.45) is 4.75. The number of nitrogens with zero attached hydrogens (tertiary/aromatic N) is 1. The first-order valence-electron chi connectivity index (χ1n) is 7.77. The standard InChI is InChI=1S/C16H23N3O3/c20-15(21)9-10-17-16(22)18-13-7-3-4-8-14(13)19-11-5-1-2-6-12-19/h3-4,7-8H,1-2,5-6,9-12H2,(H,20,21)(H2,17,18,22). The summed E-state index contributed by atoms with van der Waals surface area (Å²) >= 11 is 0. The maximum atomic E-state index is 11.9. The second kappa shape index (κ2) is 8.26.